The Kier molecular flexibility index (Phi) is 6.02. The molecule has 0 unspecified atom stereocenters. The number of carbonyl (C=O) groups is 1. The fraction of sp³-hybridized carbons (Fsp3) is 0.192. The molecule has 0 aliphatic carbocycles. The predicted octanol–water partition coefficient (Wildman–Crippen LogP) is 5.69. The largest absolute Gasteiger partial charge is 0.493 e. The van der Waals surface area contributed by atoms with E-state index in [0.29, 0.717) is 40.0 Å². The van der Waals surface area contributed by atoms with Gasteiger partial charge in [-0.05, 0) is 65.7 Å². The van der Waals surface area contributed by atoms with Crippen molar-refractivity contribution in [2.75, 3.05) is 22.8 Å². The van der Waals surface area contributed by atoms with Crippen LogP contribution in [0.4, 0.5) is 11.4 Å². The highest BCUT2D eigenvalue weighted by atomic mass is 32.2. The summed E-state index contributed by atoms with van der Waals surface area (Å²) in [5.41, 5.74) is 2.55. The first-order valence-electron chi connectivity index (χ1n) is 11.1. The summed E-state index contributed by atoms with van der Waals surface area (Å²) in [6.45, 7) is 2.72. The highest BCUT2D eigenvalue weighted by Crippen LogP contribution is 2.36. The molecule has 1 aliphatic rings. The molecule has 0 saturated heterocycles. The topological polar surface area (TPSA) is 75.7 Å². The molecule has 0 atom stereocenters. The average molecular weight is 493 g/mol. The molecule has 1 amide bonds. The van der Waals surface area contributed by atoms with Crippen LogP contribution in [-0.2, 0) is 16.4 Å². The van der Waals surface area contributed by atoms with Crippen molar-refractivity contribution in [1.82, 2.24) is 0 Å². The molecule has 0 fully saturated rings. The van der Waals surface area contributed by atoms with Gasteiger partial charge in [0.2, 0.25) is 0 Å². The molecule has 5 rings (SSSR count). The van der Waals surface area contributed by atoms with E-state index in [9.17, 15) is 13.2 Å². The van der Waals surface area contributed by atoms with Gasteiger partial charge in [-0.2, -0.15) is 0 Å². The fourth-order valence-corrected chi connectivity index (χ4v) is 6.98. The molecule has 34 heavy (non-hydrogen) atoms. The van der Waals surface area contributed by atoms with Crippen molar-refractivity contribution in [2.45, 2.75) is 24.0 Å². The van der Waals surface area contributed by atoms with Gasteiger partial charge in [-0.25, -0.2) is 8.42 Å². The van der Waals surface area contributed by atoms with E-state index >= 15 is 0 Å². The molecule has 0 radical (unpaired) electrons. The molecule has 174 valence electrons. The maximum atomic E-state index is 13.4. The summed E-state index contributed by atoms with van der Waals surface area (Å²) in [5, 5.41) is 6.46. The lowest BCUT2D eigenvalue weighted by atomic mass is 10.0. The zero-order chi connectivity index (χ0) is 23.7. The van der Waals surface area contributed by atoms with Gasteiger partial charge in [0.15, 0.2) is 0 Å². The molecule has 8 heteroatoms. The summed E-state index contributed by atoms with van der Waals surface area (Å²) >= 11 is 1.20. The molecule has 4 aromatic rings. The van der Waals surface area contributed by atoms with Crippen molar-refractivity contribution in [3.8, 4) is 5.75 Å². The van der Waals surface area contributed by atoms with Crippen LogP contribution in [0.3, 0.4) is 0 Å². The number of fused-ring (bicyclic) bond motifs is 2. The molecule has 2 heterocycles. The number of amides is 1. The molecular weight excluding hydrogens is 468 g/mol. The number of thiophene rings is 1. The highest BCUT2D eigenvalue weighted by molar-refractivity contribution is 7.94. The van der Waals surface area contributed by atoms with Crippen molar-refractivity contribution < 1.29 is 17.9 Å². The van der Waals surface area contributed by atoms with Crippen LogP contribution in [0.25, 0.3) is 10.8 Å². The fourth-order valence-electron chi connectivity index (χ4n) is 4.34. The van der Waals surface area contributed by atoms with E-state index in [2.05, 4.69) is 5.32 Å². The zero-order valence-electron chi connectivity index (χ0n) is 18.7. The van der Waals surface area contributed by atoms with Gasteiger partial charge < -0.3 is 10.1 Å². The molecule has 0 spiro atoms. The van der Waals surface area contributed by atoms with Crippen molar-refractivity contribution in [3.05, 3.63) is 83.2 Å². The molecular formula is C26H24N2O4S2. The Morgan fingerprint density at radius 1 is 1.09 bits per heavy atom. The van der Waals surface area contributed by atoms with Crippen molar-refractivity contribution in [3.63, 3.8) is 0 Å². The van der Waals surface area contributed by atoms with Gasteiger partial charge >= 0.3 is 0 Å². The minimum Gasteiger partial charge on any atom is -0.493 e. The minimum absolute atomic E-state index is 0.302. The summed E-state index contributed by atoms with van der Waals surface area (Å²) in [6.07, 6.45) is 1.54. The lowest BCUT2D eigenvalue weighted by Crippen LogP contribution is -2.35. The van der Waals surface area contributed by atoms with E-state index in [0.717, 1.165) is 29.2 Å². The Hall–Kier alpha value is -3.36. The maximum absolute atomic E-state index is 13.4. The summed E-state index contributed by atoms with van der Waals surface area (Å²) < 4.78 is 34.0. The van der Waals surface area contributed by atoms with E-state index in [-0.39, 0.29) is 5.91 Å². The Morgan fingerprint density at radius 3 is 2.74 bits per heavy atom. The second kappa shape index (κ2) is 9.12. The zero-order valence-corrected chi connectivity index (χ0v) is 20.3. The Labute approximate surface area is 202 Å². The third kappa shape index (κ3) is 4.03. The quantitative estimate of drug-likeness (QED) is 0.375. The van der Waals surface area contributed by atoms with Crippen LogP contribution >= 0.6 is 11.3 Å². The van der Waals surface area contributed by atoms with Crippen LogP contribution in [0.1, 0.15) is 29.3 Å². The van der Waals surface area contributed by atoms with Gasteiger partial charge in [0.1, 0.15) is 9.96 Å². The number of carbonyl (C=O) groups excluding carboxylic acids is 1. The second-order valence-electron chi connectivity index (χ2n) is 8.00. The van der Waals surface area contributed by atoms with Gasteiger partial charge in [0.05, 0.1) is 17.9 Å². The lowest BCUT2D eigenvalue weighted by molar-refractivity contribution is 0.102. The van der Waals surface area contributed by atoms with E-state index in [4.69, 9.17) is 4.74 Å². The first-order valence-corrected chi connectivity index (χ1v) is 13.5. The van der Waals surface area contributed by atoms with Gasteiger partial charge in [0, 0.05) is 12.2 Å². The maximum Gasteiger partial charge on any atom is 0.273 e. The minimum atomic E-state index is -3.65. The molecule has 3 aromatic carbocycles. The summed E-state index contributed by atoms with van der Waals surface area (Å²) in [7, 11) is -3.65. The standard InChI is InChI=1S/C26H24N2O4S2/c1-2-32-23-14-12-18-7-3-4-9-21(18)25(23)26(29)27-20-13-11-19-8-5-15-28(22(19)17-20)34(30,31)24-10-6-16-33-24/h3-4,6-7,9-14,16-17H,2,5,8,15H2,1H3,(H,27,29). The number of aryl methyl sites for hydroxylation is 1. The first-order chi connectivity index (χ1) is 16.5. The number of hydrogen-bond donors (Lipinski definition) is 1. The number of nitrogens with zero attached hydrogens (tertiary/aromatic N) is 1. The second-order valence-corrected chi connectivity index (χ2v) is 11.0. The highest BCUT2D eigenvalue weighted by Gasteiger charge is 2.30. The van der Waals surface area contributed by atoms with Gasteiger partial charge in [-0.3, -0.25) is 9.10 Å². The van der Waals surface area contributed by atoms with Crippen LogP contribution in [0.15, 0.2) is 76.3 Å². The van der Waals surface area contributed by atoms with E-state index in [1.807, 2.05) is 55.5 Å². The molecule has 1 aliphatic heterocycles. The number of anilines is 2. The van der Waals surface area contributed by atoms with Gasteiger partial charge in [-0.1, -0.05) is 42.5 Å². The third-order valence-electron chi connectivity index (χ3n) is 5.88. The lowest BCUT2D eigenvalue weighted by Gasteiger charge is -2.30. The van der Waals surface area contributed by atoms with Gasteiger partial charge in [0.25, 0.3) is 15.9 Å². The number of ether oxygens (including phenoxy) is 1. The molecule has 1 N–H and O–H groups in total. The van der Waals surface area contributed by atoms with Gasteiger partial charge in [-0.15, -0.1) is 11.3 Å². The summed E-state index contributed by atoms with van der Waals surface area (Å²) in [6, 6.07) is 20.2. The number of sulfonamides is 1. The van der Waals surface area contributed by atoms with Crippen molar-refractivity contribution in [2.24, 2.45) is 0 Å². The Morgan fingerprint density at radius 2 is 1.94 bits per heavy atom. The number of hydrogen-bond acceptors (Lipinski definition) is 5. The van der Waals surface area contributed by atoms with Crippen molar-refractivity contribution >= 4 is 49.4 Å². The van der Waals surface area contributed by atoms with Crippen LogP contribution in [-0.4, -0.2) is 27.5 Å². The van der Waals surface area contributed by atoms with Crippen molar-refractivity contribution in [1.29, 1.82) is 0 Å². The van der Waals surface area contributed by atoms with Crippen LogP contribution in [0.2, 0.25) is 0 Å². The normalized spacial score (nSPS) is 13.5. The monoisotopic (exact) mass is 492 g/mol. The third-order valence-corrected chi connectivity index (χ3v) is 9.06. The SMILES string of the molecule is CCOc1ccc2ccccc2c1C(=O)Nc1ccc2c(c1)N(S(=O)(=O)c1cccs1)CCC2. The first kappa shape index (κ1) is 22.4. The number of nitrogens with one attached hydrogen (secondary N) is 1. The van der Waals surface area contributed by atoms with E-state index in [1.165, 1.54) is 15.6 Å². The van der Waals surface area contributed by atoms with Crippen LogP contribution in [0.5, 0.6) is 5.75 Å². The Bertz CT molecular complexity index is 1460. The van der Waals surface area contributed by atoms with E-state index in [1.54, 1.807) is 23.6 Å². The Balaban J connectivity index is 1.52. The number of benzene rings is 3. The predicted molar refractivity (Wildman–Crippen MR) is 137 cm³/mol. The van der Waals surface area contributed by atoms with Crippen LogP contribution in [0, 0.1) is 0 Å². The van der Waals surface area contributed by atoms with Crippen LogP contribution < -0.4 is 14.4 Å². The molecule has 0 bridgehead atoms. The van der Waals surface area contributed by atoms with E-state index < -0.39 is 10.0 Å². The average Bonchev–Trinajstić information content (AvgIpc) is 3.40. The smallest absolute Gasteiger partial charge is 0.273 e. The number of rotatable bonds is 6. The molecule has 1 aromatic heterocycles. The summed E-state index contributed by atoms with van der Waals surface area (Å²) in [4.78, 5) is 13.4. The summed E-state index contributed by atoms with van der Waals surface area (Å²) in [5.74, 6) is 0.210. The molecule has 0 saturated carbocycles. The molecule has 6 nitrogen and oxygen atoms in total.